The summed E-state index contributed by atoms with van der Waals surface area (Å²) in [6.45, 7) is 4.68. The van der Waals surface area contributed by atoms with Crippen LogP contribution in [0.4, 0.5) is 5.95 Å². The number of carbonyl (C=O) groups excluding carboxylic acids is 1. The predicted molar refractivity (Wildman–Crippen MR) is 99.1 cm³/mol. The van der Waals surface area contributed by atoms with Crippen molar-refractivity contribution in [3.8, 4) is 0 Å². The van der Waals surface area contributed by atoms with Crippen molar-refractivity contribution in [1.29, 1.82) is 0 Å². The second kappa shape index (κ2) is 6.74. The summed E-state index contributed by atoms with van der Waals surface area (Å²) in [4.78, 5) is 34.3. The van der Waals surface area contributed by atoms with Crippen molar-refractivity contribution in [2.45, 2.75) is 70.5 Å². The minimum Gasteiger partial charge on any atom is -0.344 e. The first-order valence-corrected chi connectivity index (χ1v) is 9.59. The molecule has 2 aliphatic rings. The molecule has 26 heavy (non-hydrogen) atoms. The molecule has 8 heteroatoms. The van der Waals surface area contributed by atoms with Gasteiger partial charge in [0.15, 0.2) is 5.65 Å². The highest BCUT2D eigenvalue weighted by molar-refractivity contribution is 5.84. The molecule has 1 aliphatic heterocycles. The van der Waals surface area contributed by atoms with E-state index in [0.29, 0.717) is 23.0 Å². The summed E-state index contributed by atoms with van der Waals surface area (Å²) < 4.78 is 1.87. The molecule has 1 amide bonds. The third-order valence-electron chi connectivity index (χ3n) is 5.69. The van der Waals surface area contributed by atoms with Crippen molar-refractivity contribution < 1.29 is 4.79 Å². The maximum atomic E-state index is 12.7. The van der Waals surface area contributed by atoms with E-state index in [1.54, 1.807) is 6.20 Å². The molecule has 2 atom stereocenters. The van der Waals surface area contributed by atoms with Gasteiger partial charge in [0.1, 0.15) is 11.4 Å². The fourth-order valence-corrected chi connectivity index (χ4v) is 4.20. The van der Waals surface area contributed by atoms with Crippen molar-refractivity contribution in [2.24, 2.45) is 0 Å². The second-order valence-corrected chi connectivity index (χ2v) is 7.57. The summed E-state index contributed by atoms with van der Waals surface area (Å²) >= 11 is 0. The van der Waals surface area contributed by atoms with Crippen molar-refractivity contribution >= 4 is 22.9 Å². The fourth-order valence-electron chi connectivity index (χ4n) is 4.20. The number of nitrogens with one attached hydrogen (secondary N) is 2. The van der Waals surface area contributed by atoms with Gasteiger partial charge >= 0.3 is 0 Å². The number of nitrogens with zero attached hydrogens (tertiary/aromatic N) is 4. The van der Waals surface area contributed by atoms with Gasteiger partial charge in [-0.2, -0.15) is 10.1 Å². The van der Waals surface area contributed by atoms with Crippen LogP contribution in [-0.2, 0) is 4.79 Å². The van der Waals surface area contributed by atoms with E-state index >= 15 is 0 Å². The van der Waals surface area contributed by atoms with Crippen LogP contribution in [0.2, 0.25) is 0 Å². The molecule has 1 unspecified atom stereocenters. The van der Waals surface area contributed by atoms with E-state index in [2.05, 4.69) is 27.3 Å². The topological polar surface area (TPSA) is 95.9 Å². The molecular formula is C18H26N6O2. The van der Waals surface area contributed by atoms with Gasteiger partial charge in [-0.1, -0.05) is 12.8 Å². The quantitative estimate of drug-likeness (QED) is 0.872. The lowest BCUT2D eigenvalue weighted by atomic mass is 10.2. The molecule has 4 rings (SSSR count). The summed E-state index contributed by atoms with van der Waals surface area (Å²) in [6, 6.07) is 0.128. The predicted octanol–water partition coefficient (Wildman–Crippen LogP) is 2.05. The maximum absolute atomic E-state index is 12.7. The van der Waals surface area contributed by atoms with E-state index in [1.165, 1.54) is 12.8 Å². The lowest BCUT2D eigenvalue weighted by Gasteiger charge is -2.25. The molecular weight excluding hydrogens is 332 g/mol. The largest absolute Gasteiger partial charge is 0.344 e. The van der Waals surface area contributed by atoms with Crippen LogP contribution in [0.25, 0.3) is 11.0 Å². The summed E-state index contributed by atoms with van der Waals surface area (Å²) in [5.41, 5.74) is 0.369. The Balaban J connectivity index is 1.59. The molecule has 2 aromatic rings. The Morgan fingerprint density at radius 3 is 2.77 bits per heavy atom. The zero-order valence-corrected chi connectivity index (χ0v) is 15.4. The number of likely N-dealkylation sites (tertiary alicyclic amines) is 1. The average Bonchev–Trinajstić information content (AvgIpc) is 3.33. The van der Waals surface area contributed by atoms with E-state index in [-0.39, 0.29) is 17.5 Å². The van der Waals surface area contributed by atoms with Crippen LogP contribution in [0.15, 0.2) is 11.0 Å². The summed E-state index contributed by atoms with van der Waals surface area (Å²) in [5.74, 6) is 0.372. The Morgan fingerprint density at radius 2 is 2.08 bits per heavy atom. The second-order valence-electron chi connectivity index (χ2n) is 7.57. The molecule has 2 fully saturated rings. The molecule has 3 heterocycles. The van der Waals surface area contributed by atoms with Crippen LogP contribution in [0.3, 0.4) is 0 Å². The third-order valence-corrected chi connectivity index (χ3v) is 5.69. The van der Waals surface area contributed by atoms with Crippen LogP contribution in [0.1, 0.15) is 58.4 Å². The van der Waals surface area contributed by atoms with E-state index in [9.17, 15) is 9.59 Å². The number of aromatic amines is 1. The summed E-state index contributed by atoms with van der Waals surface area (Å²) in [5, 5.41) is 7.97. The molecule has 2 N–H and O–H groups in total. The molecule has 1 aliphatic carbocycles. The van der Waals surface area contributed by atoms with Crippen molar-refractivity contribution in [1.82, 2.24) is 24.6 Å². The van der Waals surface area contributed by atoms with Gasteiger partial charge in [0.25, 0.3) is 5.56 Å². The number of H-pyrrole nitrogens is 1. The van der Waals surface area contributed by atoms with Gasteiger partial charge in [-0.15, -0.1) is 0 Å². The SMILES string of the molecule is CC1CCCN1C(=O)[C@@H](C)Nc1nc2c(cnn2C2CCCC2)c(=O)[nH]1. The number of hydrogen-bond donors (Lipinski definition) is 2. The highest BCUT2D eigenvalue weighted by atomic mass is 16.2. The molecule has 1 saturated heterocycles. The van der Waals surface area contributed by atoms with Crippen molar-refractivity contribution in [3.63, 3.8) is 0 Å². The van der Waals surface area contributed by atoms with Crippen LogP contribution in [-0.4, -0.2) is 49.2 Å². The van der Waals surface area contributed by atoms with E-state index in [1.807, 2.05) is 16.5 Å². The molecule has 140 valence electrons. The highest BCUT2D eigenvalue weighted by Crippen LogP contribution is 2.30. The van der Waals surface area contributed by atoms with E-state index in [4.69, 9.17) is 0 Å². The molecule has 8 nitrogen and oxygen atoms in total. The van der Waals surface area contributed by atoms with Gasteiger partial charge in [-0.05, 0) is 39.5 Å². The van der Waals surface area contributed by atoms with Gasteiger partial charge < -0.3 is 10.2 Å². The number of carbonyl (C=O) groups is 1. The molecule has 1 saturated carbocycles. The minimum atomic E-state index is -0.445. The lowest BCUT2D eigenvalue weighted by Crippen LogP contribution is -2.43. The van der Waals surface area contributed by atoms with E-state index in [0.717, 1.165) is 32.2 Å². The Labute approximate surface area is 152 Å². The van der Waals surface area contributed by atoms with Gasteiger partial charge in [-0.25, -0.2) is 4.68 Å². The first-order chi connectivity index (χ1) is 12.5. The van der Waals surface area contributed by atoms with Crippen LogP contribution < -0.4 is 10.9 Å². The number of fused-ring (bicyclic) bond motifs is 1. The van der Waals surface area contributed by atoms with Gasteiger partial charge in [-0.3, -0.25) is 14.6 Å². The molecule has 0 aromatic carbocycles. The number of anilines is 1. The third kappa shape index (κ3) is 2.97. The number of hydrogen-bond acceptors (Lipinski definition) is 5. The highest BCUT2D eigenvalue weighted by Gasteiger charge is 2.29. The monoisotopic (exact) mass is 358 g/mol. The summed E-state index contributed by atoms with van der Waals surface area (Å²) in [7, 11) is 0. The zero-order valence-electron chi connectivity index (χ0n) is 15.4. The Kier molecular flexibility index (Phi) is 4.42. The minimum absolute atomic E-state index is 0.0436. The maximum Gasteiger partial charge on any atom is 0.263 e. The summed E-state index contributed by atoms with van der Waals surface area (Å²) in [6.07, 6.45) is 8.16. The fraction of sp³-hybridized carbons (Fsp3) is 0.667. The lowest BCUT2D eigenvalue weighted by molar-refractivity contribution is -0.132. The van der Waals surface area contributed by atoms with Gasteiger partial charge in [0, 0.05) is 12.6 Å². The zero-order chi connectivity index (χ0) is 18.3. The van der Waals surface area contributed by atoms with Gasteiger partial charge in [0.05, 0.1) is 12.2 Å². The van der Waals surface area contributed by atoms with Gasteiger partial charge in [0.2, 0.25) is 11.9 Å². The molecule has 2 aromatic heterocycles. The van der Waals surface area contributed by atoms with Crippen LogP contribution in [0, 0.1) is 0 Å². The first kappa shape index (κ1) is 17.1. The number of amides is 1. The Morgan fingerprint density at radius 1 is 1.31 bits per heavy atom. The Hall–Kier alpha value is -2.38. The van der Waals surface area contributed by atoms with Crippen molar-refractivity contribution in [3.05, 3.63) is 16.6 Å². The first-order valence-electron chi connectivity index (χ1n) is 9.59. The molecule has 0 radical (unpaired) electrons. The molecule has 0 spiro atoms. The standard InChI is InChI=1S/C18H26N6O2/c1-11-6-5-9-23(11)17(26)12(2)20-18-21-15-14(16(25)22-18)10-19-24(15)13-7-3-4-8-13/h10-13H,3-9H2,1-2H3,(H2,20,21,22,25)/t11?,12-/m1/s1. The van der Waals surface area contributed by atoms with Crippen LogP contribution in [0.5, 0.6) is 0 Å². The Bertz CT molecular complexity index is 866. The van der Waals surface area contributed by atoms with Crippen molar-refractivity contribution in [2.75, 3.05) is 11.9 Å². The van der Waals surface area contributed by atoms with E-state index < -0.39 is 6.04 Å². The number of rotatable bonds is 4. The smallest absolute Gasteiger partial charge is 0.263 e. The normalized spacial score (nSPS) is 22.2. The molecule has 0 bridgehead atoms. The number of aromatic nitrogens is 4. The average molecular weight is 358 g/mol. The van der Waals surface area contributed by atoms with Crippen LogP contribution >= 0.6 is 0 Å².